The number of carbonyl (C=O) groups excluding carboxylic acids is 1. The van der Waals surface area contributed by atoms with Gasteiger partial charge in [0.15, 0.2) is 0 Å². The minimum atomic E-state index is -0.611. The summed E-state index contributed by atoms with van der Waals surface area (Å²) in [5, 5.41) is 32.1. The molecule has 6 nitrogen and oxygen atoms in total. The summed E-state index contributed by atoms with van der Waals surface area (Å²) in [5.41, 5.74) is 0.130. The van der Waals surface area contributed by atoms with Crippen LogP contribution in [-0.2, 0) is 4.79 Å². The number of carbonyl (C=O) groups is 1. The summed E-state index contributed by atoms with van der Waals surface area (Å²) >= 11 is 0. The van der Waals surface area contributed by atoms with Crippen molar-refractivity contribution in [3.63, 3.8) is 0 Å². The van der Waals surface area contributed by atoms with E-state index in [9.17, 15) is 9.90 Å². The Morgan fingerprint density at radius 3 is 2.79 bits per heavy atom. The van der Waals surface area contributed by atoms with Gasteiger partial charge < -0.3 is 20.8 Å². The highest BCUT2D eigenvalue weighted by Gasteiger charge is 2.10. The van der Waals surface area contributed by atoms with Gasteiger partial charge in [0.1, 0.15) is 17.4 Å². The Morgan fingerprint density at radius 1 is 1.42 bits per heavy atom. The van der Waals surface area contributed by atoms with Gasteiger partial charge in [-0.2, -0.15) is 5.26 Å². The zero-order chi connectivity index (χ0) is 14.1. The number of benzene rings is 1. The first-order chi connectivity index (χ1) is 9.19. The van der Waals surface area contributed by atoms with Crippen LogP contribution in [0.25, 0.3) is 0 Å². The molecular formula is C13H15N3O3. The lowest BCUT2D eigenvalue weighted by atomic mass is 10.2. The molecule has 0 bridgehead atoms. The lowest BCUT2D eigenvalue weighted by Gasteiger charge is -2.06. The average Bonchev–Trinajstić information content (AvgIpc) is 2.41. The van der Waals surface area contributed by atoms with E-state index in [-0.39, 0.29) is 23.6 Å². The van der Waals surface area contributed by atoms with Gasteiger partial charge in [-0.15, -0.1) is 0 Å². The molecule has 1 aromatic carbocycles. The van der Waals surface area contributed by atoms with Gasteiger partial charge in [0.05, 0.1) is 5.69 Å². The molecule has 1 rings (SSSR count). The molecule has 0 unspecified atom stereocenters. The minimum Gasteiger partial charge on any atom is -0.506 e. The van der Waals surface area contributed by atoms with Crippen molar-refractivity contribution in [2.75, 3.05) is 18.5 Å². The molecule has 0 aliphatic heterocycles. The zero-order valence-electron chi connectivity index (χ0n) is 10.3. The molecular weight excluding hydrogens is 246 g/mol. The Bertz CT molecular complexity index is 506. The first-order valence-electron chi connectivity index (χ1n) is 5.73. The third kappa shape index (κ3) is 4.69. The number of anilines is 1. The van der Waals surface area contributed by atoms with Crippen molar-refractivity contribution in [2.24, 2.45) is 0 Å². The van der Waals surface area contributed by atoms with Crippen molar-refractivity contribution in [3.8, 4) is 11.8 Å². The maximum Gasteiger partial charge on any atom is 0.267 e. The fourth-order valence-corrected chi connectivity index (χ4v) is 1.27. The van der Waals surface area contributed by atoms with Crippen molar-refractivity contribution in [1.82, 2.24) is 5.32 Å². The van der Waals surface area contributed by atoms with E-state index in [1.807, 2.05) is 0 Å². The fourth-order valence-electron chi connectivity index (χ4n) is 1.27. The lowest BCUT2D eigenvalue weighted by molar-refractivity contribution is -0.112. The molecule has 0 fully saturated rings. The Morgan fingerprint density at radius 2 is 2.16 bits per heavy atom. The van der Waals surface area contributed by atoms with Gasteiger partial charge in [-0.1, -0.05) is 12.1 Å². The maximum atomic E-state index is 11.8. The summed E-state index contributed by atoms with van der Waals surface area (Å²) in [4.78, 5) is 11.8. The number of phenols is 1. The number of hydrogen-bond donors (Lipinski definition) is 4. The number of para-hydroxylation sites is 2. The Hall–Kier alpha value is -2.52. The highest BCUT2D eigenvalue weighted by Crippen LogP contribution is 2.21. The van der Waals surface area contributed by atoms with Crippen LogP contribution in [0, 0.1) is 11.3 Å². The van der Waals surface area contributed by atoms with Crippen molar-refractivity contribution < 1.29 is 15.0 Å². The molecule has 0 radical (unpaired) electrons. The van der Waals surface area contributed by atoms with Gasteiger partial charge in [-0.3, -0.25) is 4.79 Å². The van der Waals surface area contributed by atoms with Crippen LogP contribution in [0.15, 0.2) is 36.0 Å². The minimum absolute atomic E-state index is 0.0345. The van der Waals surface area contributed by atoms with E-state index < -0.39 is 5.91 Å². The van der Waals surface area contributed by atoms with Gasteiger partial charge in [-0.25, -0.2) is 0 Å². The predicted molar refractivity (Wildman–Crippen MR) is 70.1 cm³/mol. The van der Waals surface area contributed by atoms with Crippen molar-refractivity contribution in [3.05, 3.63) is 36.0 Å². The molecule has 1 amide bonds. The number of nitrogens with one attached hydrogen (secondary N) is 2. The quantitative estimate of drug-likeness (QED) is 0.261. The largest absolute Gasteiger partial charge is 0.506 e. The second-order valence-electron chi connectivity index (χ2n) is 3.67. The third-order valence-electron chi connectivity index (χ3n) is 2.24. The normalized spacial score (nSPS) is 10.6. The number of rotatable bonds is 6. The van der Waals surface area contributed by atoms with E-state index in [1.54, 1.807) is 18.2 Å². The number of nitriles is 1. The topological polar surface area (TPSA) is 105 Å². The molecule has 0 aliphatic carbocycles. The molecule has 0 atom stereocenters. The fraction of sp³-hybridized carbons (Fsp3) is 0.231. The van der Waals surface area contributed by atoms with Crippen LogP contribution in [-0.4, -0.2) is 29.3 Å². The van der Waals surface area contributed by atoms with Gasteiger partial charge in [-0.05, 0) is 18.6 Å². The molecule has 0 aromatic heterocycles. The molecule has 19 heavy (non-hydrogen) atoms. The van der Waals surface area contributed by atoms with E-state index in [0.29, 0.717) is 13.0 Å². The van der Waals surface area contributed by atoms with Crippen LogP contribution < -0.4 is 10.6 Å². The number of aromatic hydroxyl groups is 1. The molecule has 0 saturated heterocycles. The molecule has 100 valence electrons. The van der Waals surface area contributed by atoms with Crippen LogP contribution in [0.3, 0.4) is 0 Å². The second kappa shape index (κ2) is 7.74. The zero-order valence-corrected chi connectivity index (χ0v) is 10.3. The summed E-state index contributed by atoms with van der Waals surface area (Å²) in [6, 6.07) is 8.01. The highest BCUT2D eigenvalue weighted by molar-refractivity contribution is 6.07. The van der Waals surface area contributed by atoms with E-state index in [4.69, 9.17) is 10.4 Å². The SMILES string of the molecule is N#C/C(=C/NCCCO)C(=O)Nc1ccccc1O. The van der Waals surface area contributed by atoms with Gasteiger partial charge in [0.2, 0.25) is 0 Å². The molecule has 0 saturated carbocycles. The standard InChI is InChI=1S/C13H15N3O3/c14-8-10(9-15-6-3-7-17)13(19)16-11-4-1-2-5-12(11)18/h1-2,4-5,9,15,17-18H,3,6-7H2,(H,16,19)/b10-9-. The summed E-state index contributed by atoms with van der Waals surface area (Å²) in [7, 11) is 0. The number of aliphatic hydroxyl groups is 1. The van der Waals surface area contributed by atoms with Crippen LogP contribution >= 0.6 is 0 Å². The molecule has 0 spiro atoms. The average molecular weight is 261 g/mol. The number of nitrogens with zero attached hydrogens (tertiary/aromatic N) is 1. The monoisotopic (exact) mass is 261 g/mol. The van der Waals surface area contributed by atoms with Crippen molar-refractivity contribution in [1.29, 1.82) is 5.26 Å². The van der Waals surface area contributed by atoms with Gasteiger partial charge >= 0.3 is 0 Å². The Labute approximate surface area is 111 Å². The predicted octanol–water partition coefficient (Wildman–Crippen LogP) is 0.710. The third-order valence-corrected chi connectivity index (χ3v) is 2.24. The molecule has 4 N–H and O–H groups in total. The number of phenolic OH excluding ortho intramolecular Hbond substituents is 1. The summed E-state index contributed by atoms with van der Waals surface area (Å²) in [6.07, 6.45) is 1.81. The molecule has 0 heterocycles. The molecule has 1 aromatic rings. The van der Waals surface area contributed by atoms with Crippen LogP contribution in [0.1, 0.15) is 6.42 Å². The van der Waals surface area contributed by atoms with Crippen molar-refractivity contribution in [2.45, 2.75) is 6.42 Å². The van der Waals surface area contributed by atoms with E-state index in [1.165, 1.54) is 18.3 Å². The first kappa shape index (κ1) is 14.5. The second-order valence-corrected chi connectivity index (χ2v) is 3.67. The first-order valence-corrected chi connectivity index (χ1v) is 5.73. The van der Waals surface area contributed by atoms with Crippen LogP contribution in [0.4, 0.5) is 5.69 Å². The number of amides is 1. The smallest absolute Gasteiger partial charge is 0.267 e. The van der Waals surface area contributed by atoms with Crippen LogP contribution in [0.2, 0.25) is 0 Å². The van der Waals surface area contributed by atoms with E-state index >= 15 is 0 Å². The number of hydrogen-bond acceptors (Lipinski definition) is 5. The Balaban J connectivity index is 2.65. The molecule has 6 heteroatoms. The Kier molecular flexibility index (Phi) is 5.92. The maximum absolute atomic E-state index is 11.8. The van der Waals surface area contributed by atoms with Gasteiger partial charge in [0, 0.05) is 19.4 Å². The van der Waals surface area contributed by atoms with Gasteiger partial charge in [0.25, 0.3) is 5.91 Å². The highest BCUT2D eigenvalue weighted by atomic mass is 16.3. The van der Waals surface area contributed by atoms with E-state index in [0.717, 1.165) is 0 Å². The summed E-state index contributed by atoms with van der Waals surface area (Å²) in [6.45, 7) is 0.498. The van der Waals surface area contributed by atoms with E-state index in [2.05, 4.69) is 10.6 Å². The lowest BCUT2D eigenvalue weighted by Crippen LogP contribution is -2.17. The number of aliphatic hydroxyl groups excluding tert-OH is 1. The molecule has 0 aliphatic rings. The van der Waals surface area contributed by atoms with Crippen LogP contribution in [0.5, 0.6) is 5.75 Å². The summed E-state index contributed by atoms with van der Waals surface area (Å²) in [5.74, 6) is -0.679. The van der Waals surface area contributed by atoms with Crippen molar-refractivity contribution >= 4 is 11.6 Å². The summed E-state index contributed by atoms with van der Waals surface area (Å²) < 4.78 is 0.